The maximum absolute atomic E-state index is 2.74. The van der Waals surface area contributed by atoms with Gasteiger partial charge in [0.1, 0.15) is 0 Å². The summed E-state index contributed by atoms with van der Waals surface area (Å²) < 4.78 is 0. The minimum absolute atomic E-state index is 0.874. The van der Waals surface area contributed by atoms with E-state index in [2.05, 4.69) is 44.5 Å². The van der Waals surface area contributed by atoms with E-state index in [0.717, 1.165) is 29.6 Å². The second kappa shape index (κ2) is 9.42. The summed E-state index contributed by atoms with van der Waals surface area (Å²) in [6.45, 7) is 16.4. The molecule has 2 rings (SSSR count). The average molecular weight is 323 g/mol. The molecule has 0 saturated carbocycles. The predicted molar refractivity (Wildman–Crippen MR) is 102 cm³/mol. The second-order valence-corrected chi connectivity index (χ2v) is 9.18. The quantitative estimate of drug-likeness (QED) is 0.667. The summed E-state index contributed by atoms with van der Waals surface area (Å²) in [6.07, 6.45) is 8.58. The molecule has 0 amide bonds. The van der Waals surface area contributed by atoms with Gasteiger partial charge in [-0.25, -0.2) is 0 Å². The van der Waals surface area contributed by atoms with E-state index in [1.54, 1.807) is 0 Å². The summed E-state index contributed by atoms with van der Waals surface area (Å²) in [6, 6.07) is 0. The van der Waals surface area contributed by atoms with Gasteiger partial charge in [-0.05, 0) is 94.9 Å². The van der Waals surface area contributed by atoms with E-state index in [1.807, 2.05) is 0 Å². The molecule has 2 atom stereocenters. The highest BCUT2D eigenvalue weighted by molar-refractivity contribution is 4.77. The van der Waals surface area contributed by atoms with Crippen molar-refractivity contribution in [2.75, 3.05) is 39.8 Å². The molecule has 0 aromatic carbocycles. The largest absolute Gasteiger partial charge is 0.306 e. The van der Waals surface area contributed by atoms with Gasteiger partial charge in [-0.15, -0.1) is 0 Å². The molecule has 2 aliphatic heterocycles. The van der Waals surface area contributed by atoms with Crippen molar-refractivity contribution in [3.63, 3.8) is 0 Å². The number of hydrogen-bond donors (Lipinski definition) is 0. The lowest BCUT2D eigenvalue weighted by Crippen LogP contribution is -2.38. The van der Waals surface area contributed by atoms with Crippen LogP contribution in [0.5, 0.6) is 0 Å². The minimum atomic E-state index is 0.874. The Morgan fingerprint density at radius 3 is 1.91 bits per heavy atom. The van der Waals surface area contributed by atoms with Gasteiger partial charge in [0.05, 0.1) is 0 Å². The van der Waals surface area contributed by atoms with Crippen molar-refractivity contribution in [2.45, 2.75) is 66.2 Å². The molecule has 0 aromatic heterocycles. The van der Waals surface area contributed by atoms with E-state index < -0.39 is 0 Å². The number of rotatable bonds is 7. The molecule has 2 unspecified atom stereocenters. The van der Waals surface area contributed by atoms with E-state index in [9.17, 15) is 0 Å². The van der Waals surface area contributed by atoms with Gasteiger partial charge in [0.2, 0.25) is 0 Å². The standard InChI is InChI=1S/C21H42N2/c1-17(2)20-10-14-23(15-11-20)16-18(3)6-7-19(4)21-8-12-22(5)13-9-21/h17-21H,6-16H2,1-5H3. The number of piperidine rings is 2. The first-order valence-corrected chi connectivity index (χ1v) is 10.4. The molecule has 0 spiro atoms. The van der Waals surface area contributed by atoms with Gasteiger partial charge < -0.3 is 9.80 Å². The summed E-state index contributed by atoms with van der Waals surface area (Å²) in [4.78, 5) is 5.23. The molecular formula is C21H42N2. The Morgan fingerprint density at radius 1 is 0.783 bits per heavy atom. The van der Waals surface area contributed by atoms with Crippen molar-refractivity contribution in [3.05, 3.63) is 0 Å². The SMILES string of the molecule is CC(CCC(C)C1CCN(C)CC1)CN1CCC(C(C)C)CC1. The molecule has 0 radical (unpaired) electrons. The van der Waals surface area contributed by atoms with Gasteiger partial charge in [-0.3, -0.25) is 0 Å². The molecule has 2 heteroatoms. The van der Waals surface area contributed by atoms with Crippen LogP contribution in [0, 0.1) is 29.6 Å². The highest BCUT2D eigenvalue weighted by Gasteiger charge is 2.24. The zero-order valence-corrected chi connectivity index (χ0v) is 16.6. The third-order valence-electron chi connectivity index (χ3n) is 6.83. The Balaban J connectivity index is 1.60. The van der Waals surface area contributed by atoms with Crippen LogP contribution in [0.4, 0.5) is 0 Å². The molecule has 0 N–H and O–H groups in total. The zero-order chi connectivity index (χ0) is 16.8. The van der Waals surface area contributed by atoms with Crippen molar-refractivity contribution < 1.29 is 0 Å². The minimum Gasteiger partial charge on any atom is -0.306 e. The molecule has 0 aromatic rings. The summed E-state index contributed by atoms with van der Waals surface area (Å²) in [5, 5.41) is 0. The van der Waals surface area contributed by atoms with Crippen LogP contribution >= 0.6 is 0 Å². The van der Waals surface area contributed by atoms with Gasteiger partial charge >= 0.3 is 0 Å². The lowest BCUT2D eigenvalue weighted by Gasteiger charge is -2.36. The lowest BCUT2D eigenvalue weighted by atomic mass is 9.81. The van der Waals surface area contributed by atoms with Gasteiger partial charge in [-0.2, -0.15) is 0 Å². The fraction of sp³-hybridized carbons (Fsp3) is 1.00. The Bertz CT molecular complexity index is 312. The Morgan fingerprint density at radius 2 is 1.35 bits per heavy atom. The number of likely N-dealkylation sites (tertiary alicyclic amines) is 2. The topological polar surface area (TPSA) is 6.48 Å². The predicted octanol–water partition coefficient (Wildman–Crippen LogP) is 4.75. The highest BCUT2D eigenvalue weighted by atomic mass is 15.1. The Kier molecular flexibility index (Phi) is 7.88. The smallest absolute Gasteiger partial charge is 0.000702 e. The summed E-state index contributed by atoms with van der Waals surface area (Å²) in [5.41, 5.74) is 0. The van der Waals surface area contributed by atoms with Crippen molar-refractivity contribution in [3.8, 4) is 0 Å². The molecule has 23 heavy (non-hydrogen) atoms. The van der Waals surface area contributed by atoms with Crippen molar-refractivity contribution >= 4 is 0 Å². The first-order valence-electron chi connectivity index (χ1n) is 10.4. The van der Waals surface area contributed by atoms with Gasteiger partial charge in [0.25, 0.3) is 0 Å². The second-order valence-electron chi connectivity index (χ2n) is 9.18. The first kappa shape index (κ1) is 19.2. The fourth-order valence-corrected chi connectivity index (χ4v) is 4.71. The molecular weight excluding hydrogens is 280 g/mol. The fourth-order valence-electron chi connectivity index (χ4n) is 4.71. The maximum atomic E-state index is 2.74. The molecule has 2 aliphatic rings. The van der Waals surface area contributed by atoms with Crippen LogP contribution in [-0.2, 0) is 0 Å². The van der Waals surface area contributed by atoms with E-state index in [0.29, 0.717) is 0 Å². The number of nitrogens with zero attached hydrogens (tertiary/aromatic N) is 2. The van der Waals surface area contributed by atoms with Crippen molar-refractivity contribution in [2.24, 2.45) is 29.6 Å². The van der Waals surface area contributed by atoms with Crippen LogP contribution in [0.1, 0.15) is 66.2 Å². The van der Waals surface area contributed by atoms with Gasteiger partial charge in [0, 0.05) is 6.54 Å². The molecule has 2 heterocycles. The summed E-state index contributed by atoms with van der Waals surface area (Å²) in [5.74, 6) is 4.65. The molecule has 0 bridgehead atoms. The average Bonchev–Trinajstić information content (AvgIpc) is 2.54. The van der Waals surface area contributed by atoms with Crippen LogP contribution < -0.4 is 0 Å². The van der Waals surface area contributed by atoms with E-state index in [4.69, 9.17) is 0 Å². The van der Waals surface area contributed by atoms with Gasteiger partial charge in [-0.1, -0.05) is 34.1 Å². The highest BCUT2D eigenvalue weighted by Crippen LogP contribution is 2.29. The molecule has 2 saturated heterocycles. The van der Waals surface area contributed by atoms with E-state index in [-0.39, 0.29) is 0 Å². The summed E-state index contributed by atoms with van der Waals surface area (Å²) >= 11 is 0. The van der Waals surface area contributed by atoms with Crippen LogP contribution in [0.2, 0.25) is 0 Å². The van der Waals surface area contributed by atoms with Crippen molar-refractivity contribution in [1.29, 1.82) is 0 Å². The lowest BCUT2D eigenvalue weighted by molar-refractivity contribution is 0.133. The molecule has 0 aliphatic carbocycles. The van der Waals surface area contributed by atoms with Gasteiger partial charge in [0.15, 0.2) is 0 Å². The molecule has 2 fully saturated rings. The zero-order valence-electron chi connectivity index (χ0n) is 16.6. The molecule has 2 nitrogen and oxygen atoms in total. The Hall–Kier alpha value is -0.0800. The maximum Gasteiger partial charge on any atom is 0.000702 e. The van der Waals surface area contributed by atoms with Crippen LogP contribution in [-0.4, -0.2) is 49.6 Å². The third kappa shape index (κ3) is 6.38. The van der Waals surface area contributed by atoms with Crippen LogP contribution in [0.15, 0.2) is 0 Å². The normalized spacial score (nSPS) is 25.8. The Labute approximate surface area is 146 Å². The van der Waals surface area contributed by atoms with E-state index >= 15 is 0 Å². The van der Waals surface area contributed by atoms with Crippen LogP contribution in [0.3, 0.4) is 0 Å². The van der Waals surface area contributed by atoms with E-state index in [1.165, 1.54) is 71.2 Å². The van der Waals surface area contributed by atoms with Crippen molar-refractivity contribution in [1.82, 2.24) is 9.80 Å². The van der Waals surface area contributed by atoms with Crippen LogP contribution in [0.25, 0.3) is 0 Å². The number of hydrogen-bond acceptors (Lipinski definition) is 2. The third-order valence-corrected chi connectivity index (χ3v) is 6.83. The monoisotopic (exact) mass is 322 g/mol. The summed E-state index contributed by atoms with van der Waals surface area (Å²) in [7, 11) is 2.27. The first-order chi connectivity index (χ1) is 11.0. The molecule has 136 valence electrons.